The van der Waals surface area contributed by atoms with Gasteiger partial charge in [-0.25, -0.2) is 4.99 Å². The van der Waals surface area contributed by atoms with Crippen molar-refractivity contribution in [1.29, 1.82) is 0 Å². The lowest BCUT2D eigenvalue weighted by Gasteiger charge is -2.13. The first kappa shape index (κ1) is 25.8. The largest absolute Gasteiger partial charge is 0.493 e. The summed E-state index contributed by atoms with van der Waals surface area (Å²) < 4.78 is 22.1. The third-order valence-electron chi connectivity index (χ3n) is 4.43. The molecule has 2 rings (SSSR count). The van der Waals surface area contributed by atoms with Gasteiger partial charge < -0.3 is 29.6 Å². The monoisotopic (exact) mass is 521 g/mol. The quantitative estimate of drug-likeness (QED) is 0.191. The van der Waals surface area contributed by atoms with E-state index in [2.05, 4.69) is 22.5 Å². The van der Waals surface area contributed by atoms with Crippen molar-refractivity contribution in [2.75, 3.05) is 53.2 Å². The smallest absolute Gasteiger partial charge is 0.191 e. The van der Waals surface area contributed by atoms with Gasteiger partial charge in [-0.05, 0) is 44.4 Å². The Hall–Kier alpha value is -1.26. The summed E-state index contributed by atoms with van der Waals surface area (Å²) in [6.07, 6.45) is 2.06. The number of ether oxygens (including phenoxy) is 4. The van der Waals surface area contributed by atoms with E-state index >= 15 is 0 Å². The summed E-state index contributed by atoms with van der Waals surface area (Å²) in [6, 6.07) is 5.91. The maximum atomic E-state index is 5.74. The second kappa shape index (κ2) is 15.6. The number of rotatable bonds is 12. The van der Waals surface area contributed by atoms with Crippen molar-refractivity contribution in [3.8, 4) is 11.5 Å². The molecule has 1 saturated heterocycles. The first-order chi connectivity index (χ1) is 13.8. The highest BCUT2D eigenvalue weighted by Crippen LogP contribution is 2.28. The van der Waals surface area contributed by atoms with E-state index < -0.39 is 0 Å². The van der Waals surface area contributed by atoms with Crippen LogP contribution in [0.4, 0.5) is 0 Å². The van der Waals surface area contributed by atoms with Crippen LogP contribution >= 0.6 is 24.0 Å². The Bertz CT molecular complexity index is 595. The maximum absolute atomic E-state index is 5.74. The van der Waals surface area contributed by atoms with Crippen molar-refractivity contribution in [2.45, 2.75) is 33.2 Å². The highest BCUT2D eigenvalue weighted by molar-refractivity contribution is 14.0. The molecule has 1 atom stereocenters. The molecular formula is C21H36IN3O4. The molecule has 1 aromatic carbocycles. The minimum absolute atomic E-state index is 0. The zero-order valence-electron chi connectivity index (χ0n) is 17.9. The number of hydrogen-bond donors (Lipinski definition) is 2. The van der Waals surface area contributed by atoms with Crippen LogP contribution in [0.25, 0.3) is 0 Å². The summed E-state index contributed by atoms with van der Waals surface area (Å²) in [5.74, 6) is 2.86. The molecule has 1 fully saturated rings. The Morgan fingerprint density at radius 1 is 1.24 bits per heavy atom. The molecule has 29 heavy (non-hydrogen) atoms. The standard InChI is InChI=1S/C21H35N3O4.HI/c1-4-22-21(23-10-6-11-26-15-18-9-12-27-16-18)24-14-17-7-8-19(25-3)20(13-17)28-5-2;/h7-8,13,18H,4-6,9-12,14-16H2,1-3H3,(H2,22,23,24);1H. The number of nitrogens with one attached hydrogen (secondary N) is 2. The second-order valence-electron chi connectivity index (χ2n) is 6.70. The summed E-state index contributed by atoms with van der Waals surface area (Å²) >= 11 is 0. The normalized spacial score (nSPS) is 16.2. The molecule has 2 N–H and O–H groups in total. The van der Waals surface area contributed by atoms with E-state index in [1.54, 1.807) is 7.11 Å². The number of hydrogen-bond acceptors (Lipinski definition) is 5. The first-order valence-electron chi connectivity index (χ1n) is 10.2. The van der Waals surface area contributed by atoms with Gasteiger partial charge in [0.25, 0.3) is 0 Å². The second-order valence-corrected chi connectivity index (χ2v) is 6.70. The highest BCUT2D eigenvalue weighted by atomic mass is 127. The summed E-state index contributed by atoms with van der Waals surface area (Å²) in [6.45, 7) is 10.1. The number of aliphatic imine (C=N–C) groups is 1. The number of nitrogens with zero attached hydrogens (tertiary/aromatic N) is 1. The average molecular weight is 521 g/mol. The Balaban J connectivity index is 0.00000420. The number of benzene rings is 1. The van der Waals surface area contributed by atoms with Crippen LogP contribution in [-0.2, 0) is 16.0 Å². The minimum Gasteiger partial charge on any atom is -0.493 e. The lowest BCUT2D eigenvalue weighted by Crippen LogP contribution is -2.38. The topological polar surface area (TPSA) is 73.3 Å². The Kier molecular flexibility index (Phi) is 13.8. The molecular weight excluding hydrogens is 485 g/mol. The molecule has 1 unspecified atom stereocenters. The molecule has 0 bridgehead atoms. The van der Waals surface area contributed by atoms with E-state index in [4.69, 9.17) is 18.9 Å². The lowest BCUT2D eigenvalue weighted by molar-refractivity contribution is 0.0888. The van der Waals surface area contributed by atoms with Gasteiger partial charge in [-0.1, -0.05) is 6.07 Å². The van der Waals surface area contributed by atoms with E-state index in [1.807, 2.05) is 25.1 Å². The van der Waals surface area contributed by atoms with Crippen LogP contribution < -0.4 is 20.1 Å². The molecule has 0 aromatic heterocycles. The van der Waals surface area contributed by atoms with Crippen molar-refractivity contribution in [3.63, 3.8) is 0 Å². The molecule has 1 aromatic rings. The number of halogens is 1. The predicted molar refractivity (Wildman–Crippen MR) is 127 cm³/mol. The summed E-state index contributed by atoms with van der Waals surface area (Å²) in [5.41, 5.74) is 1.07. The fourth-order valence-corrected chi connectivity index (χ4v) is 2.95. The van der Waals surface area contributed by atoms with E-state index in [0.717, 1.165) is 75.4 Å². The van der Waals surface area contributed by atoms with Crippen molar-refractivity contribution in [2.24, 2.45) is 10.9 Å². The number of methoxy groups -OCH3 is 1. The molecule has 1 aliphatic heterocycles. The Morgan fingerprint density at radius 2 is 2.10 bits per heavy atom. The fourth-order valence-electron chi connectivity index (χ4n) is 2.95. The summed E-state index contributed by atoms with van der Waals surface area (Å²) in [5, 5.41) is 6.64. The first-order valence-corrected chi connectivity index (χ1v) is 10.2. The maximum Gasteiger partial charge on any atom is 0.191 e. The van der Waals surface area contributed by atoms with Crippen LogP contribution in [0, 0.1) is 5.92 Å². The Labute approximate surface area is 191 Å². The van der Waals surface area contributed by atoms with Gasteiger partial charge in [0.05, 0.1) is 33.5 Å². The van der Waals surface area contributed by atoms with Gasteiger partial charge in [-0.2, -0.15) is 0 Å². The van der Waals surface area contributed by atoms with Crippen molar-refractivity contribution in [3.05, 3.63) is 23.8 Å². The van der Waals surface area contributed by atoms with Crippen LogP contribution in [0.2, 0.25) is 0 Å². The van der Waals surface area contributed by atoms with Crippen molar-refractivity contribution >= 4 is 29.9 Å². The van der Waals surface area contributed by atoms with Crippen LogP contribution in [-0.4, -0.2) is 59.2 Å². The van der Waals surface area contributed by atoms with Crippen LogP contribution in [0.15, 0.2) is 23.2 Å². The third-order valence-corrected chi connectivity index (χ3v) is 4.43. The summed E-state index contributed by atoms with van der Waals surface area (Å²) in [4.78, 5) is 4.66. The molecule has 0 saturated carbocycles. The van der Waals surface area contributed by atoms with Gasteiger partial charge in [0, 0.05) is 32.2 Å². The zero-order valence-corrected chi connectivity index (χ0v) is 20.2. The number of guanidine groups is 1. The molecule has 7 nitrogen and oxygen atoms in total. The van der Waals surface area contributed by atoms with E-state index in [1.165, 1.54) is 0 Å². The van der Waals surface area contributed by atoms with Gasteiger partial charge in [0.2, 0.25) is 0 Å². The predicted octanol–water partition coefficient (Wildman–Crippen LogP) is 3.21. The van der Waals surface area contributed by atoms with E-state index in [-0.39, 0.29) is 24.0 Å². The van der Waals surface area contributed by atoms with Crippen LogP contribution in [0.5, 0.6) is 11.5 Å². The third kappa shape index (κ3) is 9.86. The van der Waals surface area contributed by atoms with Gasteiger partial charge in [-0.3, -0.25) is 0 Å². The Morgan fingerprint density at radius 3 is 2.79 bits per heavy atom. The highest BCUT2D eigenvalue weighted by Gasteiger charge is 2.15. The van der Waals surface area contributed by atoms with E-state index in [9.17, 15) is 0 Å². The van der Waals surface area contributed by atoms with Crippen LogP contribution in [0.3, 0.4) is 0 Å². The van der Waals surface area contributed by atoms with Gasteiger partial charge in [0.1, 0.15) is 0 Å². The SMILES string of the molecule is CCNC(=NCc1ccc(OC)c(OCC)c1)NCCCOCC1CCOC1.I. The zero-order chi connectivity index (χ0) is 20.0. The molecule has 8 heteroatoms. The van der Waals surface area contributed by atoms with Gasteiger partial charge >= 0.3 is 0 Å². The average Bonchev–Trinajstić information content (AvgIpc) is 3.22. The van der Waals surface area contributed by atoms with Gasteiger partial charge in [-0.15, -0.1) is 24.0 Å². The van der Waals surface area contributed by atoms with Crippen molar-refractivity contribution < 1.29 is 18.9 Å². The van der Waals surface area contributed by atoms with Crippen LogP contribution in [0.1, 0.15) is 32.3 Å². The minimum atomic E-state index is 0. The molecule has 1 aliphatic rings. The van der Waals surface area contributed by atoms with E-state index in [0.29, 0.717) is 19.1 Å². The lowest BCUT2D eigenvalue weighted by atomic mass is 10.1. The summed E-state index contributed by atoms with van der Waals surface area (Å²) in [7, 11) is 1.65. The molecule has 166 valence electrons. The molecule has 1 heterocycles. The molecule has 0 aliphatic carbocycles. The molecule has 0 spiro atoms. The molecule has 0 radical (unpaired) electrons. The van der Waals surface area contributed by atoms with Gasteiger partial charge in [0.15, 0.2) is 17.5 Å². The fraction of sp³-hybridized carbons (Fsp3) is 0.667. The van der Waals surface area contributed by atoms with Crippen molar-refractivity contribution in [1.82, 2.24) is 10.6 Å². The molecule has 0 amide bonds.